The maximum Gasteiger partial charge on any atom is 0.255 e. The standard InChI is InChI=1S/C10H19N3OS/c1-13(2)7-3-4-11-6-9-15-10-12-5-8-14-10/h5,8,11H,3-4,6-7,9H2,1-2H3. The van der Waals surface area contributed by atoms with Crippen LogP contribution in [0.4, 0.5) is 0 Å². The van der Waals surface area contributed by atoms with E-state index >= 15 is 0 Å². The summed E-state index contributed by atoms with van der Waals surface area (Å²) in [5.74, 6) is 1.00. The highest BCUT2D eigenvalue weighted by Gasteiger charge is 1.97. The van der Waals surface area contributed by atoms with Gasteiger partial charge < -0.3 is 14.6 Å². The predicted molar refractivity (Wildman–Crippen MR) is 63.3 cm³/mol. The molecule has 5 heteroatoms. The third kappa shape index (κ3) is 6.54. The topological polar surface area (TPSA) is 41.3 Å². The fraction of sp³-hybridized carbons (Fsp3) is 0.700. The van der Waals surface area contributed by atoms with Gasteiger partial charge in [0.1, 0.15) is 6.26 Å². The van der Waals surface area contributed by atoms with Gasteiger partial charge in [-0.3, -0.25) is 0 Å². The van der Waals surface area contributed by atoms with Crippen molar-refractivity contribution in [1.29, 1.82) is 0 Å². The van der Waals surface area contributed by atoms with Gasteiger partial charge in [-0.15, -0.1) is 0 Å². The van der Waals surface area contributed by atoms with Gasteiger partial charge in [-0.1, -0.05) is 11.8 Å². The first-order valence-corrected chi connectivity index (χ1v) is 6.15. The Bertz CT molecular complexity index is 239. The highest BCUT2D eigenvalue weighted by atomic mass is 32.2. The number of aromatic nitrogens is 1. The molecule has 0 saturated heterocycles. The van der Waals surface area contributed by atoms with E-state index in [-0.39, 0.29) is 0 Å². The molecule has 1 N–H and O–H groups in total. The lowest BCUT2D eigenvalue weighted by molar-refractivity contribution is 0.395. The summed E-state index contributed by atoms with van der Waals surface area (Å²) in [6, 6.07) is 0. The van der Waals surface area contributed by atoms with E-state index in [4.69, 9.17) is 4.42 Å². The molecule has 1 aromatic heterocycles. The molecule has 0 fully saturated rings. The summed E-state index contributed by atoms with van der Waals surface area (Å²) in [5.41, 5.74) is 0. The summed E-state index contributed by atoms with van der Waals surface area (Å²) in [5, 5.41) is 4.14. The van der Waals surface area contributed by atoms with E-state index in [1.165, 1.54) is 6.42 Å². The minimum absolute atomic E-state index is 0.755. The molecular formula is C10H19N3OS. The summed E-state index contributed by atoms with van der Waals surface area (Å²) in [6.45, 7) is 3.21. The van der Waals surface area contributed by atoms with E-state index in [1.54, 1.807) is 24.2 Å². The molecule has 4 nitrogen and oxygen atoms in total. The Kier molecular flexibility index (Phi) is 6.47. The predicted octanol–water partition coefficient (Wildman–Crippen LogP) is 1.31. The van der Waals surface area contributed by atoms with E-state index in [0.717, 1.165) is 30.6 Å². The first-order chi connectivity index (χ1) is 7.29. The Hall–Kier alpha value is -0.520. The van der Waals surface area contributed by atoms with Crippen molar-refractivity contribution in [2.45, 2.75) is 11.6 Å². The molecule has 0 amide bonds. The van der Waals surface area contributed by atoms with Crippen LogP contribution in [0.15, 0.2) is 22.1 Å². The molecule has 1 aromatic rings. The quantitative estimate of drug-likeness (QED) is 0.537. The van der Waals surface area contributed by atoms with Crippen molar-refractivity contribution in [1.82, 2.24) is 15.2 Å². The zero-order valence-corrected chi connectivity index (χ0v) is 10.2. The van der Waals surface area contributed by atoms with Gasteiger partial charge in [-0.2, -0.15) is 0 Å². The third-order valence-electron chi connectivity index (χ3n) is 1.87. The van der Waals surface area contributed by atoms with Crippen LogP contribution in [0.1, 0.15) is 6.42 Å². The summed E-state index contributed by atoms with van der Waals surface area (Å²) >= 11 is 1.64. The molecule has 0 unspecified atom stereocenters. The molecule has 0 aliphatic heterocycles. The zero-order valence-electron chi connectivity index (χ0n) is 9.40. The summed E-state index contributed by atoms with van der Waals surface area (Å²) < 4.78 is 5.11. The van der Waals surface area contributed by atoms with Crippen molar-refractivity contribution in [2.24, 2.45) is 0 Å². The molecule has 15 heavy (non-hydrogen) atoms. The second-order valence-electron chi connectivity index (χ2n) is 3.55. The summed E-state index contributed by atoms with van der Waals surface area (Å²) in [7, 11) is 4.19. The highest BCUT2D eigenvalue weighted by Crippen LogP contribution is 2.13. The molecule has 0 aliphatic rings. The second-order valence-corrected chi connectivity index (χ2v) is 4.60. The first kappa shape index (κ1) is 12.5. The molecule has 0 aromatic carbocycles. The van der Waals surface area contributed by atoms with Gasteiger partial charge in [0.05, 0.1) is 6.20 Å². The Morgan fingerprint density at radius 2 is 2.33 bits per heavy atom. The summed E-state index contributed by atoms with van der Waals surface area (Å²) in [4.78, 5) is 6.23. The van der Waals surface area contributed by atoms with Gasteiger partial charge in [0.2, 0.25) is 0 Å². The molecule has 0 radical (unpaired) electrons. The van der Waals surface area contributed by atoms with E-state index in [1.807, 2.05) is 0 Å². The molecule has 0 aliphatic carbocycles. The molecular weight excluding hydrogens is 210 g/mol. The van der Waals surface area contributed by atoms with Crippen LogP contribution in [0.25, 0.3) is 0 Å². The molecule has 0 spiro atoms. The van der Waals surface area contributed by atoms with Gasteiger partial charge >= 0.3 is 0 Å². The van der Waals surface area contributed by atoms with Crippen LogP contribution >= 0.6 is 11.8 Å². The summed E-state index contributed by atoms with van der Waals surface area (Å²) in [6.07, 6.45) is 4.47. The number of nitrogens with one attached hydrogen (secondary N) is 1. The Morgan fingerprint density at radius 1 is 1.47 bits per heavy atom. The molecule has 0 bridgehead atoms. The maximum absolute atomic E-state index is 5.11. The number of oxazole rings is 1. The monoisotopic (exact) mass is 229 g/mol. The van der Waals surface area contributed by atoms with Crippen LogP contribution in [-0.4, -0.2) is 49.4 Å². The molecule has 0 atom stereocenters. The fourth-order valence-corrected chi connectivity index (χ4v) is 1.82. The number of nitrogens with zero attached hydrogens (tertiary/aromatic N) is 2. The molecule has 1 rings (SSSR count). The average Bonchev–Trinajstić information content (AvgIpc) is 2.68. The largest absolute Gasteiger partial charge is 0.440 e. The lowest BCUT2D eigenvalue weighted by Gasteiger charge is -2.09. The second kappa shape index (κ2) is 7.73. The lowest BCUT2D eigenvalue weighted by Crippen LogP contribution is -2.23. The SMILES string of the molecule is CN(C)CCCNCCSc1ncco1. The van der Waals surface area contributed by atoms with Crippen LogP contribution in [-0.2, 0) is 0 Å². The normalized spacial score (nSPS) is 11.1. The van der Waals surface area contributed by atoms with Crippen LogP contribution in [0.2, 0.25) is 0 Å². The minimum atomic E-state index is 0.755. The van der Waals surface area contributed by atoms with Crippen molar-refractivity contribution in [3.8, 4) is 0 Å². The smallest absolute Gasteiger partial charge is 0.255 e. The van der Waals surface area contributed by atoms with E-state index < -0.39 is 0 Å². The molecule has 1 heterocycles. The van der Waals surface area contributed by atoms with Crippen LogP contribution in [0.3, 0.4) is 0 Å². The van der Waals surface area contributed by atoms with Crippen molar-refractivity contribution in [3.05, 3.63) is 12.5 Å². The van der Waals surface area contributed by atoms with Gasteiger partial charge in [0.25, 0.3) is 5.22 Å². The van der Waals surface area contributed by atoms with Gasteiger partial charge in [-0.25, -0.2) is 4.98 Å². The van der Waals surface area contributed by atoms with Crippen LogP contribution in [0.5, 0.6) is 0 Å². The van der Waals surface area contributed by atoms with E-state index in [9.17, 15) is 0 Å². The molecule has 0 saturated carbocycles. The van der Waals surface area contributed by atoms with Crippen LogP contribution < -0.4 is 5.32 Å². The number of thioether (sulfide) groups is 1. The van der Waals surface area contributed by atoms with Crippen molar-refractivity contribution in [3.63, 3.8) is 0 Å². The van der Waals surface area contributed by atoms with Crippen molar-refractivity contribution < 1.29 is 4.42 Å². The van der Waals surface area contributed by atoms with Gasteiger partial charge in [0.15, 0.2) is 0 Å². The Labute approximate surface area is 95.4 Å². The van der Waals surface area contributed by atoms with Gasteiger partial charge in [0, 0.05) is 12.3 Å². The number of rotatable bonds is 8. The first-order valence-electron chi connectivity index (χ1n) is 5.17. The zero-order chi connectivity index (χ0) is 10.9. The van der Waals surface area contributed by atoms with Crippen molar-refractivity contribution >= 4 is 11.8 Å². The highest BCUT2D eigenvalue weighted by molar-refractivity contribution is 7.99. The van der Waals surface area contributed by atoms with Crippen LogP contribution in [0, 0.1) is 0 Å². The van der Waals surface area contributed by atoms with E-state index in [2.05, 4.69) is 29.3 Å². The lowest BCUT2D eigenvalue weighted by atomic mass is 10.4. The van der Waals surface area contributed by atoms with Gasteiger partial charge in [-0.05, 0) is 33.6 Å². The Balaban J connectivity index is 1.85. The maximum atomic E-state index is 5.11. The number of hydrogen-bond donors (Lipinski definition) is 1. The van der Waals surface area contributed by atoms with Crippen molar-refractivity contribution in [2.75, 3.05) is 39.5 Å². The molecule has 86 valence electrons. The fourth-order valence-electron chi connectivity index (χ4n) is 1.14. The average molecular weight is 229 g/mol. The van der Waals surface area contributed by atoms with E-state index in [0.29, 0.717) is 0 Å². The number of hydrogen-bond acceptors (Lipinski definition) is 5. The Morgan fingerprint density at radius 3 is 3.00 bits per heavy atom. The minimum Gasteiger partial charge on any atom is -0.440 e. The third-order valence-corrected chi connectivity index (χ3v) is 2.73.